The van der Waals surface area contributed by atoms with E-state index in [1.54, 1.807) is 0 Å². The van der Waals surface area contributed by atoms with Gasteiger partial charge in [-0.2, -0.15) is 0 Å². The smallest absolute Gasteiger partial charge is 0.317 e. The van der Waals surface area contributed by atoms with Gasteiger partial charge >= 0.3 is 5.69 Å². The monoisotopic (exact) mass is 245 g/mol. The van der Waals surface area contributed by atoms with Gasteiger partial charge in [-0.3, -0.25) is 4.57 Å². The zero-order valence-electron chi connectivity index (χ0n) is 10.7. The van der Waals surface area contributed by atoms with Crippen LogP contribution in [-0.4, -0.2) is 22.6 Å². The SMILES string of the molecule is CCc1ccc2c(c1)[nH]c(=O)n2C1CCNCC1. The summed E-state index contributed by atoms with van der Waals surface area (Å²) in [7, 11) is 0. The standard InChI is InChI=1S/C14H19N3O/c1-2-10-3-4-13-12(9-10)16-14(18)17(13)11-5-7-15-8-6-11/h3-4,9,11,15H,2,5-8H2,1H3,(H,16,18). The van der Waals surface area contributed by atoms with Crippen molar-refractivity contribution < 1.29 is 0 Å². The largest absolute Gasteiger partial charge is 0.326 e. The van der Waals surface area contributed by atoms with E-state index in [0.717, 1.165) is 43.4 Å². The molecular formula is C14H19N3O. The van der Waals surface area contributed by atoms with Crippen LogP contribution in [0.5, 0.6) is 0 Å². The quantitative estimate of drug-likeness (QED) is 0.848. The van der Waals surface area contributed by atoms with Crippen LogP contribution in [0.15, 0.2) is 23.0 Å². The number of aromatic nitrogens is 2. The van der Waals surface area contributed by atoms with Crippen LogP contribution in [0.3, 0.4) is 0 Å². The predicted molar refractivity (Wildman–Crippen MR) is 73.1 cm³/mol. The molecule has 1 aliphatic heterocycles. The first-order valence-electron chi connectivity index (χ1n) is 6.73. The Hall–Kier alpha value is -1.55. The predicted octanol–water partition coefficient (Wildman–Crippen LogP) is 1.82. The maximum absolute atomic E-state index is 12.1. The topological polar surface area (TPSA) is 49.8 Å². The number of aryl methyl sites for hydroxylation is 1. The summed E-state index contributed by atoms with van der Waals surface area (Å²) in [6, 6.07) is 6.62. The minimum Gasteiger partial charge on any atom is -0.317 e. The molecule has 1 aromatic carbocycles. The number of imidazole rings is 1. The lowest BCUT2D eigenvalue weighted by Gasteiger charge is -2.23. The summed E-state index contributed by atoms with van der Waals surface area (Å²) >= 11 is 0. The molecule has 0 atom stereocenters. The number of fused-ring (bicyclic) bond motifs is 1. The summed E-state index contributed by atoms with van der Waals surface area (Å²) in [6.07, 6.45) is 3.06. The summed E-state index contributed by atoms with van der Waals surface area (Å²) < 4.78 is 1.94. The minimum absolute atomic E-state index is 0.0325. The van der Waals surface area contributed by atoms with Crippen LogP contribution in [0.25, 0.3) is 11.0 Å². The van der Waals surface area contributed by atoms with Crippen molar-refractivity contribution in [1.82, 2.24) is 14.9 Å². The Kier molecular flexibility index (Phi) is 2.96. The molecule has 1 aliphatic rings. The van der Waals surface area contributed by atoms with Crippen LogP contribution in [0.1, 0.15) is 31.4 Å². The molecule has 0 aliphatic carbocycles. The van der Waals surface area contributed by atoms with E-state index in [2.05, 4.69) is 35.4 Å². The van der Waals surface area contributed by atoms with Crippen molar-refractivity contribution in [2.24, 2.45) is 0 Å². The zero-order valence-corrected chi connectivity index (χ0v) is 10.7. The fourth-order valence-electron chi connectivity index (χ4n) is 2.83. The highest BCUT2D eigenvalue weighted by atomic mass is 16.1. The van der Waals surface area contributed by atoms with Crippen LogP contribution >= 0.6 is 0 Å². The van der Waals surface area contributed by atoms with Crippen molar-refractivity contribution in [3.8, 4) is 0 Å². The first kappa shape index (κ1) is 11.5. The van der Waals surface area contributed by atoms with Crippen LogP contribution in [0, 0.1) is 0 Å². The number of hydrogen-bond donors (Lipinski definition) is 2. The van der Waals surface area contributed by atoms with E-state index in [4.69, 9.17) is 0 Å². The first-order valence-corrected chi connectivity index (χ1v) is 6.73. The molecule has 18 heavy (non-hydrogen) atoms. The summed E-state index contributed by atoms with van der Waals surface area (Å²) in [6.45, 7) is 4.12. The van der Waals surface area contributed by atoms with Crippen LogP contribution in [0.4, 0.5) is 0 Å². The van der Waals surface area contributed by atoms with E-state index < -0.39 is 0 Å². The molecule has 1 saturated heterocycles. The number of benzene rings is 1. The van der Waals surface area contributed by atoms with Crippen molar-refractivity contribution in [1.29, 1.82) is 0 Å². The molecule has 2 aromatic rings. The molecule has 0 amide bonds. The van der Waals surface area contributed by atoms with Gasteiger partial charge in [0.1, 0.15) is 0 Å². The summed E-state index contributed by atoms with van der Waals surface area (Å²) in [5, 5.41) is 3.34. The second-order valence-electron chi connectivity index (χ2n) is 4.99. The van der Waals surface area contributed by atoms with Gasteiger partial charge in [-0.05, 0) is 50.0 Å². The minimum atomic E-state index is 0.0325. The Bertz CT molecular complexity index is 605. The van der Waals surface area contributed by atoms with Gasteiger partial charge in [0.2, 0.25) is 0 Å². The second-order valence-corrected chi connectivity index (χ2v) is 4.99. The third kappa shape index (κ3) is 1.86. The van der Waals surface area contributed by atoms with Crippen molar-refractivity contribution in [3.63, 3.8) is 0 Å². The lowest BCUT2D eigenvalue weighted by Crippen LogP contribution is -2.33. The number of nitrogens with one attached hydrogen (secondary N) is 2. The molecule has 0 spiro atoms. The molecule has 96 valence electrons. The van der Waals surface area contributed by atoms with Crippen molar-refractivity contribution in [2.75, 3.05) is 13.1 Å². The third-order valence-corrected chi connectivity index (χ3v) is 3.86. The maximum Gasteiger partial charge on any atom is 0.326 e. The average molecular weight is 245 g/mol. The number of piperidine rings is 1. The fourth-order valence-corrected chi connectivity index (χ4v) is 2.83. The second kappa shape index (κ2) is 4.61. The van der Waals surface area contributed by atoms with Gasteiger partial charge in [-0.1, -0.05) is 13.0 Å². The number of H-pyrrole nitrogens is 1. The molecule has 1 aromatic heterocycles. The Morgan fingerprint density at radius 1 is 1.33 bits per heavy atom. The molecular weight excluding hydrogens is 226 g/mol. The van der Waals surface area contributed by atoms with Gasteiger partial charge in [0.15, 0.2) is 0 Å². The van der Waals surface area contributed by atoms with E-state index in [1.165, 1.54) is 5.56 Å². The van der Waals surface area contributed by atoms with Gasteiger partial charge < -0.3 is 10.3 Å². The van der Waals surface area contributed by atoms with Gasteiger partial charge in [0.05, 0.1) is 11.0 Å². The van der Waals surface area contributed by atoms with Crippen molar-refractivity contribution >= 4 is 11.0 Å². The highest BCUT2D eigenvalue weighted by molar-refractivity contribution is 5.76. The van der Waals surface area contributed by atoms with E-state index in [1.807, 2.05) is 4.57 Å². The summed E-state index contributed by atoms with van der Waals surface area (Å²) in [5.41, 5.74) is 3.31. The number of aromatic amines is 1. The number of rotatable bonds is 2. The third-order valence-electron chi connectivity index (χ3n) is 3.86. The van der Waals surface area contributed by atoms with Crippen molar-refractivity contribution in [3.05, 3.63) is 34.2 Å². The van der Waals surface area contributed by atoms with Crippen LogP contribution in [-0.2, 0) is 6.42 Å². The van der Waals surface area contributed by atoms with Gasteiger partial charge in [-0.25, -0.2) is 4.79 Å². The lowest BCUT2D eigenvalue weighted by molar-refractivity contribution is 0.368. The van der Waals surface area contributed by atoms with E-state index in [9.17, 15) is 4.79 Å². The van der Waals surface area contributed by atoms with E-state index >= 15 is 0 Å². The number of nitrogens with zero attached hydrogens (tertiary/aromatic N) is 1. The Labute approximate surface area is 106 Å². The first-order chi connectivity index (χ1) is 8.79. The van der Waals surface area contributed by atoms with Gasteiger partial charge in [-0.15, -0.1) is 0 Å². The van der Waals surface area contributed by atoms with Gasteiger partial charge in [0, 0.05) is 6.04 Å². The lowest BCUT2D eigenvalue weighted by atomic mass is 10.1. The Morgan fingerprint density at radius 2 is 2.11 bits per heavy atom. The highest BCUT2D eigenvalue weighted by Gasteiger charge is 2.19. The van der Waals surface area contributed by atoms with Gasteiger partial charge in [0.25, 0.3) is 0 Å². The molecule has 4 heteroatoms. The van der Waals surface area contributed by atoms with Crippen LogP contribution in [0.2, 0.25) is 0 Å². The molecule has 3 rings (SSSR count). The zero-order chi connectivity index (χ0) is 12.5. The Balaban J connectivity index is 2.10. The molecule has 0 bridgehead atoms. The molecule has 0 radical (unpaired) electrons. The molecule has 1 fully saturated rings. The van der Waals surface area contributed by atoms with Crippen LogP contribution < -0.4 is 11.0 Å². The summed E-state index contributed by atoms with van der Waals surface area (Å²) in [4.78, 5) is 15.1. The summed E-state index contributed by atoms with van der Waals surface area (Å²) in [5.74, 6) is 0. The molecule has 4 nitrogen and oxygen atoms in total. The molecule has 2 N–H and O–H groups in total. The van der Waals surface area contributed by atoms with E-state index in [-0.39, 0.29) is 5.69 Å². The Morgan fingerprint density at radius 3 is 2.83 bits per heavy atom. The molecule has 2 heterocycles. The molecule has 0 saturated carbocycles. The maximum atomic E-state index is 12.1. The highest BCUT2D eigenvalue weighted by Crippen LogP contribution is 2.22. The number of hydrogen-bond acceptors (Lipinski definition) is 2. The average Bonchev–Trinajstić information content (AvgIpc) is 2.74. The molecule has 0 unspecified atom stereocenters. The van der Waals surface area contributed by atoms with E-state index in [0.29, 0.717) is 6.04 Å². The van der Waals surface area contributed by atoms with Crippen molar-refractivity contribution in [2.45, 2.75) is 32.2 Å². The normalized spacial score (nSPS) is 17.4. The fraction of sp³-hybridized carbons (Fsp3) is 0.500.